The summed E-state index contributed by atoms with van der Waals surface area (Å²) < 4.78 is 0. The van der Waals surface area contributed by atoms with Crippen LogP contribution in [0.4, 0.5) is 0 Å². The van der Waals surface area contributed by atoms with Gasteiger partial charge in [0, 0.05) is 20.0 Å². The van der Waals surface area contributed by atoms with Crippen LogP contribution in [-0.4, -0.2) is 40.3 Å². The summed E-state index contributed by atoms with van der Waals surface area (Å²) in [7, 11) is 1.73. The number of likely N-dealkylation sites (tertiary alicyclic amines) is 1. The fraction of sp³-hybridized carbons (Fsp3) is 0.250. The van der Waals surface area contributed by atoms with E-state index in [2.05, 4.69) is 15.3 Å². The molecule has 2 amide bonds. The molecule has 1 unspecified atom stereocenters. The molecule has 2 aromatic carbocycles. The molecular weight excluding hydrogens is 328 g/mol. The molecule has 6 heteroatoms. The molecule has 2 atom stereocenters. The lowest BCUT2D eigenvalue weighted by molar-refractivity contribution is -0.128. The maximum absolute atomic E-state index is 12.8. The Hall–Kier alpha value is -3.15. The Labute approximate surface area is 151 Å². The lowest BCUT2D eigenvalue weighted by atomic mass is 10.0. The Morgan fingerprint density at radius 1 is 1.19 bits per heavy atom. The van der Waals surface area contributed by atoms with Gasteiger partial charge in [0.1, 0.15) is 11.9 Å². The average molecular weight is 348 g/mol. The van der Waals surface area contributed by atoms with Crippen molar-refractivity contribution in [1.82, 2.24) is 20.2 Å². The Bertz CT molecular complexity index is 918. The molecule has 1 aliphatic heterocycles. The number of fused-ring (bicyclic) bond motifs is 1. The van der Waals surface area contributed by atoms with Gasteiger partial charge in [-0.3, -0.25) is 9.59 Å². The van der Waals surface area contributed by atoms with Crippen molar-refractivity contribution in [3.8, 4) is 0 Å². The van der Waals surface area contributed by atoms with Crippen LogP contribution in [0.25, 0.3) is 11.0 Å². The lowest BCUT2D eigenvalue weighted by Crippen LogP contribution is -2.36. The van der Waals surface area contributed by atoms with Crippen LogP contribution in [0.3, 0.4) is 0 Å². The van der Waals surface area contributed by atoms with Gasteiger partial charge in [0.25, 0.3) is 0 Å². The normalized spacial score (nSPS) is 18.3. The van der Waals surface area contributed by atoms with Crippen molar-refractivity contribution < 1.29 is 9.59 Å². The van der Waals surface area contributed by atoms with Gasteiger partial charge in [0.05, 0.1) is 17.0 Å². The van der Waals surface area contributed by atoms with Gasteiger partial charge in [-0.2, -0.15) is 0 Å². The molecule has 26 heavy (non-hydrogen) atoms. The largest absolute Gasteiger partial charge is 0.345 e. The van der Waals surface area contributed by atoms with Crippen LogP contribution >= 0.6 is 0 Å². The van der Waals surface area contributed by atoms with Gasteiger partial charge in [-0.25, -0.2) is 4.98 Å². The molecule has 1 aliphatic rings. The predicted molar refractivity (Wildman–Crippen MR) is 98.3 cm³/mol. The molecule has 0 saturated carbocycles. The second-order valence-electron chi connectivity index (χ2n) is 6.67. The van der Waals surface area contributed by atoms with Crippen LogP contribution < -0.4 is 5.32 Å². The van der Waals surface area contributed by atoms with Gasteiger partial charge in [0.15, 0.2) is 0 Å². The Kier molecular flexibility index (Phi) is 4.16. The average Bonchev–Trinajstić information content (AvgIpc) is 3.23. The maximum atomic E-state index is 12.8. The van der Waals surface area contributed by atoms with Crippen LogP contribution in [0.1, 0.15) is 23.9 Å². The number of hydrogen-bond acceptors (Lipinski definition) is 3. The molecule has 0 bridgehead atoms. The predicted octanol–water partition coefficient (Wildman–Crippen LogP) is 2.25. The molecule has 0 radical (unpaired) electrons. The number of amides is 2. The Morgan fingerprint density at radius 2 is 1.92 bits per heavy atom. The number of H-pyrrole nitrogens is 1. The first-order valence-electron chi connectivity index (χ1n) is 8.66. The monoisotopic (exact) mass is 348 g/mol. The minimum atomic E-state index is -0.392. The number of nitrogens with one attached hydrogen (secondary N) is 2. The van der Waals surface area contributed by atoms with E-state index in [1.807, 2.05) is 54.6 Å². The molecule has 4 rings (SSSR count). The van der Waals surface area contributed by atoms with Crippen molar-refractivity contribution in [2.45, 2.75) is 12.5 Å². The quantitative estimate of drug-likeness (QED) is 0.759. The van der Waals surface area contributed by atoms with Crippen molar-refractivity contribution in [2.24, 2.45) is 5.92 Å². The van der Waals surface area contributed by atoms with E-state index >= 15 is 0 Å². The third-order valence-electron chi connectivity index (χ3n) is 4.81. The maximum Gasteiger partial charge on any atom is 0.226 e. The molecule has 6 nitrogen and oxygen atoms in total. The molecule has 3 aromatic rings. The number of hydrogen-bond donors (Lipinski definition) is 2. The zero-order valence-electron chi connectivity index (χ0n) is 14.5. The molecule has 1 fully saturated rings. The second kappa shape index (κ2) is 6.63. The van der Waals surface area contributed by atoms with E-state index in [1.54, 1.807) is 11.9 Å². The highest BCUT2D eigenvalue weighted by atomic mass is 16.2. The highest BCUT2D eigenvalue weighted by molar-refractivity contribution is 5.89. The first-order valence-corrected chi connectivity index (χ1v) is 8.66. The van der Waals surface area contributed by atoms with Crippen molar-refractivity contribution in [3.63, 3.8) is 0 Å². The van der Waals surface area contributed by atoms with Crippen molar-refractivity contribution in [1.29, 1.82) is 0 Å². The summed E-state index contributed by atoms with van der Waals surface area (Å²) in [5.41, 5.74) is 2.72. The van der Waals surface area contributed by atoms with E-state index in [9.17, 15) is 9.59 Å². The lowest BCUT2D eigenvalue weighted by Gasteiger charge is -2.19. The fourth-order valence-corrected chi connectivity index (χ4v) is 3.36. The van der Waals surface area contributed by atoms with Crippen molar-refractivity contribution >= 4 is 22.8 Å². The van der Waals surface area contributed by atoms with Gasteiger partial charge in [-0.1, -0.05) is 42.5 Å². The third-order valence-corrected chi connectivity index (χ3v) is 4.81. The number of aromatic nitrogens is 2. The molecule has 1 aromatic heterocycles. The summed E-state index contributed by atoms with van der Waals surface area (Å²) in [4.78, 5) is 34.1. The number of carbonyl (C=O) groups is 2. The van der Waals surface area contributed by atoms with Crippen LogP contribution in [0.5, 0.6) is 0 Å². The molecule has 0 aliphatic carbocycles. The summed E-state index contributed by atoms with van der Waals surface area (Å²) in [5, 5.41) is 3.08. The van der Waals surface area contributed by atoms with Gasteiger partial charge >= 0.3 is 0 Å². The minimum Gasteiger partial charge on any atom is -0.345 e. The molecule has 2 N–H and O–H groups in total. The number of nitrogens with zero attached hydrogens (tertiary/aromatic N) is 2. The number of aromatic amines is 1. The van der Waals surface area contributed by atoms with Crippen molar-refractivity contribution in [2.75, 3.05) is 13.6 Å². The Balaban J connectivity index is 1.65. The summed E-state index contributed by atoms with van der Waals surface area (Å²) in [5.74, 6) is 0.230. The molecule has 0 spiro atoms. The van der Waals surface area contributed by atoms with Gasteiger partial charge in [-0.05, 0) is 17.7 Å². The Morgan fingerprint density at radius 3 is 2.62 bits per heavy atom. The molecular formula is C20H20N4O2. The zero-order valence-corrected chi connectivity index (χ0v) is 14.5. The minimum absolute atomic E-state index is 0.00477. The summed E-state index contributed by atoms with van der Waals surface area (Å²) in [6.45, 7) is 0.451. The van der Waals surface area contributed by atoms with Crippen molar-refractivity contribution in [3.05, 3.63) is 66.0 Å². The number of para-hydroxylation sites is 2. The SMILES string of the molecule is CN1CC(C(=O)N[C@H](c2ccccc2)c2nc3ccccc3[nH]2)CC1=O. The fourth-order valence-electron chi connectivity index (χ4n) is 3.36. The summed E-state index contributed by atoms with van der Waals surface area (Å²) >= 11 is 0. The number of rotatable bonds is 4. The van der Waals surface area contributed by atoms with E-state index in [0.29, 0.717) is 12.4 Å². The van der Waals surface area contributed by atoms with Crippen LogP contribution in [0.2, 0.25) is 0 Å². The summed E-state index contributed by atoms with van der Waals surface area (Å²) in [6, 6.07) is 17.1. The second-order valence-corrected chi connectivity index (χ2v) is 6.67. The summed E-state index contributed by atoms with van der Waals surface area (Å²) in [6.07, 6.45) is 0.254. The number of imidazole rings is 1. The highest BCUT2D eigenvalue weighted by Crippen LogP contribution is 2.24. The topological polar surface area (TPSA) is 78.1 Å². The smallest absolute Gasteiger partial charge is 0.226 e. The van der Waals surface area contributed by atoms with E-state index in [1.165, 1.54) is 0 Å². The molecule has 2 heterocycles. The highest BCUT2D eigenvalue weighted by Gasteiger charge is 2.33. The van der Waals surface area contributed by atoms with E-state index in [0.717, 1.165) is 16.6 Å². The van der Waals surface area contributed by atoms with E-state index < -0.39 is 6.04 Å². The van der Waals surface area contributed by atoms with E-state index in [4.69, 9.17) is 0 Å². The number of benzene rings is 2. The molecule has 132 valence electrons. The van der Waals surface area contributed by atoms with Gasteiger partial charge < -0.3 is 15.2 Å². The third kappa shape index (κ3) is 3.06. The van der Waals surface area contributed by atoms with E-state index in [-0.39, 0.29) is 24.2 Å². The first-order chi connectivity index (χ1) is 12.6. The zero-order chi connectivity index (χ0) is 18.1. The first kappa shape index (κ1) is 16.3. The number of carbonyl (C=O) groups excluding carboxylic acids is 2. The van der Waals surface area contributed by atoms with Gasteiger partial charge in [0.2, 0.25) is 11.8 Å². The van der Waals surface area contributed by atoms with Crippen LogP contribution in [0.15, 0.2) is 54.6 Å². The van der Waals surface area contributed by atoms with Crippen LogP contribution in [0, 0.1) is 5.92 Å². The van der Waals surface area contributed by atoms with Crippen LogP contribution in [-0.2, 0) is 9.59 Å². The van der Waals surface area contributed by atoms with Gasteiger partial charge in [-0.15, -0.1) is 0 Å². The standard InChI is InChI=1S/C20H20N4O2/c1-24-12-14(11-17(24)25)20(26)23-18(13-7-3-2-4-8-13)19-21-15-9-5-6-10-16(15)22-19/h2-10,14,18H,11-12H2,1H3,(H,21,22)(H,23,26)/t14?,18-/m1/s1. The molecule has 1 saturated heterocycles.